The van der Waals surface area contributed by atoms with E-state index in [9.17, 15) is 4.39 Å². The zero-order chi connectivity index (χ0) is 13.9. The minimum absolute atomic E-state index is 0.247. The number of benzene rings is 2. The summed E-state index contributed by atoms with van der Waals surface area (Å²) in [5.74, 6) is -0.135. The predicted octanol–water partition coefficient (Wildman–Crippen LogP) is 3.60. The molecule has 100 valence electrons. The van der Waals surface area contributed by atoms with Gasteiger partial charge in [0.05, 0.1) is 0 Å². The van der Waals surface area contributed by atoms with Crippen molar-refractivity contribution < 1.29 is 9.13 Å². The number of halogens is 1. The topological polar surface area (TPSA) is 35.2 Å². The summed E-state index contributed by atoms with van der Waals surface area (Å²) in [6, 6.07) is 14.5. The van der Waals surface area contributed by atoms with E-state index in [4.69, 9.17) is 10.5 Å². The van der Waals surface area contributed by atoms with Gasteiger partial charge in [-0.3, -0.25) is 0 Å². The maximum absolute atomic E-state index is 13.9. The molecular formula is C16H18FNO. The molecular weight excluding hydrogens is 241 g/mol. The summed E-state index contributed by atoms with van der Waals surface area (Å²) >= 11 is 0. The molecule has 0 radical (unpaired) electrons. The number of ether oxygens (including phenoxy) is 1. The summed E-state index contributed by atoms with van der Waals surface area (Å²) in [6.07, 6.45) is 0. The summed E-state index contributed by atoms with van der Waals surface area (Å²) in [4.78, 5) is 0. The van der Waals surface area contributed by atoms with Crippen molar-refractivity contribution in [2.45, 2.75) is 26.0 Å². The number of hydrogen-bond donors (Lipinski definition) is 1. The van der Waals surface area contributed by atoms with Gasteiger partial charge in [0.2, 0.25) is 0 Å². The largest absolute Gasteiger partial charge is 0.486 e. The molecule has 0 bridgehead atoms. The van der Waals surface area contributed by atoms with Crippen molar-refractivity contribution in [2.24, 2.45) is 5.73 Å². The summed E-state index contributed by atoms with van der Waals surface area (Å²) in [5, 5.41) is 0. The Balaban J connectivity index is 2.10. The van der Waals surface area contributed by atoms with Crippen LogP contribution in [-0.2, 0) is 12.1 Å². The van der Waals surface area contributed by atoms with Crippen LogP contribution in [-0.4, -0.2) is 0 Å². The minimum Gasteiger partial charge on any atom is -0.486 e. The van der Waals surface area contributed by atoms with Gasteiger partial charge in [-0.25, -0.2) is 4.39 Å². The lowest BCUT2D eigenvalue weighted by molar-refractivity contribution is 0.290. The first-order chi connectivity index (χ1) is 8.97. The molecule has 19 heavy (non-hydrogen) atoms. The van der Waals surface area contributed by atoms with E-state index in [0.29, 0.717) is 6.61 Å². The first-order valence-corrected chi connectivity index (χ1v) is 6.22. The van der Waals surface area contributed by atoms with Gasteiger partial charge in [-0.2, -0.15) is 0 Å². The van der Waals surface area contributed by atoms with Crippen molar-refractivity contribution in [3.8, 4) is 5.75 Å². The lowest BCUT2D eigenvalue weighted by atomic mass is 9.95. The Labute approximate surface area is 113 Å². The molecule has 0 unspecified atom stereocenters. The summed E-state index contributed by atoms with van der Waals surface area (Å²) in [5.41, 5.74) is 7.13. The normalized spacial score (nSPS) is 11.4. The first-order valence-electron chi connectivity index (χ1n) is 6.22. The molecule has 0 saturated carbocycles. The Kier molecular flexibility index (Phi) is 3.86. The highest BCUT2D eigenvalue weighted by molar-refractivity contribution is 5.32. The van der Waals surface area contributed by atoms with Crippen LogP contribution in [0.25, 0.3) is 0 Å². The maximum Gasteiger partial charge on any atom is 0.165 e. The fourth-order valence-corrected chi connectivity index (χ4v) is 1.75. The second-order valence-electron chi connectivity index (χ2n) is 5.14. The number of nitrogens with two attached hydrogens (primary N) is 1. The molecule has 0 aliphatic carbocycles. The molecule has 0 heterocycles. The monoisotopic (exact) mass is 259 g/mol. The van der Waals surface area contributed by atoms with Crippen molar-refractivity contribution in [1.82, 2.24) is 0 Å². The third-order valence-electron chi connectivity index (χ3n) is 2.91. The molecule has 0 aliphatic heterocycles. The van der Waals surface area contributed by atoms with Crippen molar-refractivity contribution in [2.75, 3.05) is 0 Å². The molecule has 2 aromatic carbocycles. The molecule has 0 spiro atoms. The number of hydrogen-bond acceptors (Lipinski definition) is 2. The molecule has 2 rings (SSSR count). The fraction of sp³-hybridized carbons (Fsp3) is 0.250. The van der Waals surface area contributed by atoms with E-state index in [-0.39, 0.29) is 11.6 Å². The van der Waals surface area contributed by atoms with Crippen LogP contribution in [0.2, 0.25) is 0 Å². The van der Waals surface area contributed by atoms with Crippen LogP contribution >= 0.6 is 0 Å². The van der Waals surface area contributed by atoms with E-state index in [0.717, 1.165) is 11.1 Å². The van der Waals surface area contributed by atoms with E-state index in [1.54, 1.807) is 12.1 Å². The number of rotatable bonds is 4. The van der Waals surface area contributed by atoms with Gasteiger partial charge in [0.15, 0.2) is 11.6 Å². The van der Waals surface area contributed by atoms with Crippen LogP contribution in [0.5, 0.6) is 5.75 Å². The second-order valence-corrected chi connectivity index (χ2v) is 5.14. The zero-order valence-electron chi connectivity index (χ0n) is 11.2. The fourth-order valence-electron chi connectivity index (χ4n) is 1.75. The van der Waals surface area contributed by atoms with Gasteiger partial charge < -0.3 is 10.5 Å². The highest BCUT2D eigenvalue weighted by Crippen LogP contribution is 2.24. The Morgan fingerprint density at radius 2 is 1.79 bits per heavy atom. The van der Waals surface area contributed by atoms with Crippen molar-refractivity contribution in [3.05, 3.63) is 65.5 Å². The Morgan fingerprint density at radius 1 is 1.11 bits per heavy atom. The lowest BCUT2D eigenvalue weighted by Crippen LogP contribution is -2.28. The highest BCUT2D eigenvalue weighted by atomic mass is 19.1. The summed E-state index contributed by atoms with van der Waals surface area (Å²) < 4.78 is 19.4. The van der Waals surface area contributed by atoms with Crippen LogP contribution in [0.4, 0.5) is 4.39 Å². The molecule has 0 amide bonds. The zero-order valence-corrected chi connectivity index (χ0v) is 11.2. The van der Waals surface area contributed by atoms with Gasteiger partial charge in [-0.05, 0) is 37.1 Å². The van der Waals surface area contributed by atoms with Gasteiger partial charge in [-0.1, -0.05) is 36.4 Å². The molecule has 2 nitrogen and oxygen atoms in total. The average Bonchev–Trinajstić information content (AvgIpc) is 2.37. The third kappa shape index (κ3) is 3.55. The van der Waals surface area contributed by atoms with Crippen molar-refractivity contribution in [1.29, 1.82) is 0 Å². The van der Waals surface area contributed by atoms with Crippen LogP contribution in [0.3, 0.4) is 0 Å². The van der Waals surface area contributed by atoms with E-state index in [1.807, 2.05) is 44.2 Å². The SMILES string of the molecule is CC(C)(N)c1ccc(OCc2ccccc2)c(F)c1. The molecule has 0 fully saturated rings. The third-order valence-corrected chi connectivity index (χ3v) is 2.91. The van der Waals surface area contributed by atoms with Gasteiger partial charge in [0.25, 0.3) is 0 Å². The first kappa shape index (κ1) is 13.6. The van der Waals surface area contributed by atoms with Gasteiger partial charge in [0, 0.05) is 5.54 Å². The van der Waals surface area contributed by atoms with E-state index in [2.05, 4.69) is 0 Å². The quantitative estimate of drug-likeness (QED) is 0.910. The molecule has 0 aromatic heterocycles. The maximum atomic E-state index is 13.9. The molecule has 2 aromatic rings. The van der Waals surface area contributed by atoms with Crippen LogP contribution in [0, 0.1) is 5.82 Å². The van der Waals surface area contributed by atoms with Crippen molar-refractivity contribution in [3.63, 3.8) is 0 Å². The molecule has 3 heteroatoms. The van der Waals surface area contributed by atoms with Gasteiger partial charge >= 0.3 is 0 Å². The molecule has 0 aliphatic rings. The Hall–Kier alpha value is -1.87. The molecule has 2 N–H and O–H groups in total. The van der Waals surface area contributed by atoms with E-state index in [1.165, 1.54) is 6.07 Å². The standard InChI is InChI=1S/C16H18FNO/c1-16(2,18)13-8-9-15(14(17)10-13)19-11-12-6-4-3-5-7-12/h3-10H,11,18H2,1-2H3. The Morgan fingerprint density at radius 3 is 2.37 bits per heavy atom. The van der Waals surface area contributed by atoms with Crippen LogP contribution in [0.15, 0.2) is 48.5 Å². The smallest absolute Gasteiger partial charge is 0.165 e. The summed E-state index contributed by atoms with van der Waals surface area (Å²) in [6.45, 7) is 4.03. The van der Waals surface area contributed by atoms with Crippen LogP contribution < -0.4 is 10.5 Å². The Bertz CT molecular complexity index is 546. The minimum atomic E-state index is -0.557. The second kappa shape index (κ2) is 5.41. The van der Waals surface area contributed by atoms with Crippen LogP contribution in [0.1, 0.15) is 25.0 Å². The van der Waals surface area contributed by atoms with Gasteiger partial charge in [-0.15, -0.1) is 0 Å². The van der Waals surface area contributed by atoms with Crippen molar-refractivity contribution >= 4 is 0 Å². The van der Waals surface area contributed by atoms with Gasteiger partial charge in [0.1, 0.15) is 6.61 Å². The average molecular weight is 259 g/mol. The summed E-state index contributed by atoms with van der Waals surface area (Å²) in [7, 11) is 0. The highest BCUT2D eigenvalue weighted by Gasteiger charge is 2.16. The predicted molar refractivity (Wildman–Crippen MR) is 74.4 cm³/mol. The lowest BCUT2D eigenvalue weighted by Gasteiger charge is -2.19. The molecule has 0 atom stereocenters. The van der Waals surface area contributed by atoms with E-state index < -0.39 is 5.54 Å². The van der Waals surface area contributed by atoms with E-state index >= 15 is 0 Å². The molecule has 0 saturated heterocycles.